The van der Waals surface area contributed by atoms with Gasteiger partial charge in [-0.25, -0.2) is 4.79 Å². The molecule has 0 aromatic carbocycles. The van der Waals surface area contributed by atoms with Crippen LogP contribution in [0.15, 0.2) is 0 Å². The molecule has 0 spiro atoms. The van der Waals surface area contributed by atoms with Crippen molar-refractivity contribution in [1.29, 1.82) is 0 Å². The number of rotatable bonds is 8. The Morgan fingerprint density at radius 2 is 1.91 bits per heavy atom. The van der Waals surface area contributed by atoms with Crippen LogP contribution in [0.1, 0.15) is 53.4 Å². The summed E-state index contributed by atoms with van der Waals surface area (Å²) < 4.78 is 0. The van der Waals surface area contributed by atoms with Gasteiger partial charge in [-0.2, -0.15) is 0 Å². The lowest BCUT2D eigenvalue weighted by molar-refractivity contribution is -0.130. The van der Waals surface area contributed by atoms with Crippen LogP contribution < -0.4 is 16.4 Å². The average molecular weight is 312 g/mol. The molecular formula is C15H28N4O3. The second kappa shape index (κ2) is 7.09. The molecule has 126 valence electrons. The smallest absolute Gasteiger partial charge is 0.325 e. The summed E-state index contributed by atoms with van der Waals surface area (Å²) in [6.45, 7) is 7.95. The van der Waals surface area contributed by atoms with Gasteiger partial charge in [-0.15, -0.1) is 0 Å². The molecule has 7 heteroatoms. The molecule has 1 saturated heterocycles. The molecule has 0 saturated carbocycles. The zero-order valence-corrected chi connectivity index (χ0v) is 14.0. The van der Waals surface area contributed by atoms with E-state index in [1.807, 2.05) is 13.8 Å². The number of carbonyl (C=O) groups is 3. The average Bonchev–Trinajstić information content (AvgIpc) is 2.66. The van der Waals surface area contributed by atoms with Gasteiger partial charge in [0.15, 0.2) is 0 Å². The second-order valence-electron chi connectivity index (χ2n) is 6.36. The molecule has 0 unspecified atom stereocenters. The van der Waals surface area contributed by atoms with Gasteiger partial charge in [0.1, 0.15) is 5.54 Å². The summed E-state index contributed by atoms with van der Waals surface area (Å²) in [5.74, 6) is -0.350. The Morgan fingerprint density at radius 3 is 2.32 bits per heavy atom. The van der Waals surface area contributed by atoms with E-state index in [2.05, 4.69) is 10.6 Å². The van der Waals surface area contributed by atoms with Gasteiger partial charge in [-0.05, 0) is 33.1 Å². The first-order chi connectivity index (χ1) is 10.2. The highest BCUT2D eigenvalue weighted by Gasteiger charge is 2.43. The van der Waals surface area contributed by atoms with E-state index in [0.717, 1.165) is 12.8 Å². The molecule has 4 N–H and O–H groups in total. The molecule has 1 aliphatic rings. The molecule has 0 aromatic heterocycles. The molecular weight excluding hydrogens is 284 g/mol. The predicted octanol–water partition coefficient (Wildman–Crippen LogP) is 0.731. The first-order valence-electron chi connectivity index (χ1n) is 7.86. The predicted molar refractivity (Wildman–Crippen MR) is 84.1 cm³/mol. The van der Waals surface area contributed by atoms with Crippen LogP contribution in [0, 0.1) is 0 Å². The molecule has 0 bridgehead atoms. The van der Waals surface area contributed by atoms with E-state index in [1.165, 1.54) is 4.90 Å². The van der Waals surface area contributed by atoms with Crippen molar-refractivity contribution in [1.82, 2.24) is 15.5 Å². The van der Waals surface area contributed by atoms with Crippen molar-refractivity contribution in [2.45, 2.75) is 64.5 Å². The maximum atomic E-state index is 12.0. The molecule has 1 heterocycles. The molecule has 1 rings (SSSR count). The number of hydrogen-bond acceptors (Lipinski definition) is 4. The molecule has 22 heavy (non-hydrogen) atoms. The molecule has 1 fully saturated rings. The lowest BCUT2D eigenvalue weighted by Gasteiger charge is -2.31. The quantitative estimate of drug-likeness (QED) is 0.575. The zero-order valence-electron chi connectivity index (χ0n) is 14.0. The third kappa shape index (κ3) is 3.97. The lowest BCUT2D eigenvalue weighted by atomic mass is 9.92. The van der Waals surface area contributed by atoms with E-state index in [-0.39, 0.29) is 30.3 Å². The molecule has 0 radical (unpaired) electrons. The SMILES string of the molecule is CCC(CC)(CN)NC(=O)CCCN1C(=O)NC(C)(C)C1=O. The molecule has 7 nitrogen and oxygen atoms in total. The van der Waals surface area contributed by atoms with Gasteiger partial charge in [0.05, 0.1) is 5.54 Å². The van der Waals surface area contributed by atoms with Crippen molar-refractivity contribution in [2.24, 2.45) is 5.73 Å². The van der Waals surface area contributed by atoms with Crippen LogP contribution in [0.3, 0.4) is 0 Å². The van der Waals surface area contributed by atoms with Crippen molar-refractivity contribution >= 4 is 17.8 Å². The van der Waals surface area contributed by atoms with Crippen LogP contribution in [0.25, 0.3) is 0 Å². The summed E-state index contributed by atoms with van der Waals surface area (Å²) in [6, 6.07) is -0.395. The topological polar surface area (TPSA) is 105 Å². The minimum absolute atomic E-state index is 0.0968. The van der Waals surface area contributed by atoms with Crippen molar-refractivity contribution in [3.05, 3.63) is 0 Å². The first-order valence-corrected chi connectivity index (χ1v) is 7.86. The van der Waals surface area contributed by atoms with Crippen LogP contribution in [0.2, 0.25) is 0 Å². The fraction of sp³-hybridized carbons (Fsp3) is 0.800. The maximum absolute atomic E-state index is 12.0. The van der Waals surface area contributed by atoms with Crippen molar-refractivity contribution in [2.75, 3.05) is 13.1 Å². The molecule has 4 amide bonds. The van der Waals surface area contributed by atoms with Gasteiger partial charge in [-0.3, -0.25) is 14.5 Å². The van der Waals surface area contributed by atoms with Crippen molar-refractivity contribution < 1.29 is 14.4 Å². The monoisotopic (exact) mass is 312 g/mol. The van der Waals surface area contributed by atoms with E-state index in [9.17, 15) is 14.4 Å². The van der Waals surface area contributed by atoms with Crippen LogP contribution >= 0.6 is 0 Å². The number of carbonyl (C=O) groups excluding carboxylic acids is 3. The Hall–Kier alpha value is -1.63. The van der Waals surface area contributed by atoms with E-state index in [1.54, 1.807) is 13.8 Å². The summed E-state index contributed by atoms with van der Waals surface area (Å²) in [5, 5.41) is 5.59. The molecule has 0 atom stereocenters. The van der Waals surface area contributed by atoms with E-state index < -0.39 is 11.6 Å². The lowest BCUT2D eigenvalue weighted by Crippen LogP contribution is -2.52. The van der Waals surface area contributed by atoms with Crippen LogP contribution in [-0.2, 0) is 9.59 Å². The number of urea groups is 1. The largest absolute Gasteiger partial charge is 0.349 e. The zero-order chi connectivity index (χ0) is 17.0. The number of amides is 4. The summed E-state index contributed by atoms with van der Waals surface area (Å²) in [6.07, 6.45) is 2.24. The molecule has 0 aliphatic carbocycles. The highest BCUT2D eigenvalue weighted by Crippen LogP contribution is 2.17. The Labute approximate surface area is 132 Å². The minimum Gasteiger partial charge on any atom is -0.349 e. The highest BCUT2D eigenvalue weighted by atomic mass is 16.2. The summed E-state index contributed by atoms with van der Waals surface area (Å²) in [4.78, 5) is 36.9. The number of nitrogens with one attached hydrogen (secondary N) is 2. The van der Waals surface area contributed by atoms with Gasteiger partial charge in [-0.1, -0.05) is 13.8 Å². The molecule has 1 aliphatic heterocycles. The van der Waals surface area contributed by atoms with Gasteiger partial charge < -0.3 is 16.4 Å². The van der Waals surface area contributed by atoms with Crippen LogP contribution in [-0.4, -0.2) is 46.9 Å². The van der Waals surface area contributed by atoms with Gasteiger partial charge in [0, 0.05) is 19.5 Å². The van der Waals surface area contributed by atoms with Crippen molar-refractivity contribution in [3.63, 3.8) is 0 Å². The van der Waals surface area contributed by atoms with Crippen molar-refractivity contribution in [3.8, 4) is 0 Å². The number of nitrogens with zero attached hydrogens (tertiary/aromatic N) is 1. The van der Waals surface area contributed by atoms with Crippen LogP contribution in [0.4, 0.5) is 4.79 Å². The second-order valence-corrected chi connectivity index (χ2v) is 6.36. The third-order valence-electron chi connectivity index (χ3n) is 4.38. The summed E-state index contributed by atoms with van der Waals surface area (Å²) in [5.41, 5.74) is 4.53. The van der Waals surface area contributed by atoms with E-state index >= 15 is 0 Å². The number of imide groups is 1. The Balaban J connectivity index is 2.46. The Bertz CT molecular complexity index is 436. The maximum Gasteiger partial charge on any atom is 0.325 e. The van der Waals surface area contributed by atoms with Crippen LogP contribution in [0.5, 0.6) is 0 Å². The summed E-state index contributed by atoms with van der Waals surface area (Å²) >= 11 is 0. The van der Waals surface area contributed by atoms with Gasteiger partial charge in [0.25, 0.3) is 5.91 Å². The normalized spacial score (nSPS) is 17.6. The fourth-order valence-corrected chi connectivity index (χ4v) is 2.54. The standard InChI is InChI=1S/C15H28N4O3/c1-5-15(6-2,10-16)17-11(20)8-7-9-19-12(21)14(3,4)18-13(19)22/h5-10,16H2,1-4H3,(H,17,20)(H,18,22). The third-order valence-corrected chi connectivity index (χ3v) is 4.38. The minimum atomic E-state index is -0.863. The van der Waals surface area contributed by atoms with Gasteiger partial charge >= 0.3 is 6.03 Å². The number of nitrogens with two attached hydrogens (primary N) is 1. The van der Waals surface area contributed by atoms with Gasteiger partial charge in [0.2, 0.25) is 5.91 Å². The first kappa shape index (κ1) is 18.4. The summed E-state index contributed by atoms with van der Waals surface area (Å²) in [7, 11) is 0. The Kier molecular flexibility index (Phi) is 5.93. The highest BCUT2D eigenvalue weighted by molar-refractivity contribution is 6.06. The Morgan fingerprint density at radius 1 is 1.32 bits per heavy atom. The number of hydrogen-bond donors (Lipinski definition) is 3. The van der Waals surface area contributed by atoms with E-state index in [4.69, 9.17) is 5.73 Å². The fourth-order valence-electron chi connectivity index (χ4n) is 2.54. The molecule has 0 aromatic rings. The van der Waals surface area contributed by atoms with E-state index in [0.29, 0.717) is 13.0 Å².